The molecule has 6 nitrogen and oxygen atoms in total. The van der Waals surface area contributed by atoms with E-state index in [2.05, 4.69) is 33.8 Å². The molecule has 26 heavy (non-hydrogen) atoms. The Bertz CT molecular complexity index is 739. The fourth-order valence-corrected chi connectivity index (χ4v) is 3.47. The Labute approximate surface area is 149 Å². The van der Waals surface area contributed by atoms with Gasteiger partial charge < -0.3 is 14.5 Å². The van der Waals surface area contributed by atoms with E-state index in [4.69, 9.17) is 4.63 Å². The Morgan fingerprint density at radius 3 is 2.54 bits per heavy atom. The smallest absolute Gasteiger partial charge is 0.369 e. The summed E-state index contributed by atoms with van der Waals surface area (Å²) < 4.78 is 49.2. The third-order valence-corrected chi connectivity index (χ3v) is 4.91. The first-order valence-corrected chi connectivity index (χ1v) is 8.70. The van der Waals surface area contributed by atoms with Gasteiger partial charge in [0.05, 0.1) is 5.69 Å². The summed E-state index contributed by atoms with van der Waals surface area (Å²) >= 11 is 0. The number of nitrogens with zero attached hydrogens (tertiary/aromatic N) is 4. The molecule has 0 amide bonds. The van der Waals surface area contributed by atoms with E-state index in [-0.39, 0.29) is 5.56 Å². The van der Waals surface area contributed by atoms with E-state index >= 15 is 0 Å². The zero-order valence-corrected chi connectivity index (χ0v) is 15.1. The Balaban J connectivity index is 1.84. The molecule has 144 valence electrons. The summed E-state index contributed by atoms with van der Waals surface area (Å²) in [6.45, 7) is 8.73. The van der Waals surface area contributed by atoms with Gasteiger partial charge in [-0.3, -0.25) is 0 Å². The third kappa shape index (κ3) is 3.64. The fourth-order valence-electron chi connectivity index (χ4n) is 3.47. The molecule has 1 aliphatic heterocycles. The van der Waals surface area contributed by atoms with Gasteiger partial charge in [0.25, 0.3) is 0 Å². The van der Waals surface area contributed by atoms with Gasteiger partial charge in [0.2, 0.25) is 0 Å². The van der Waals surface area contributed by atoms with Crippen LogP contribution in [0.15, 0.2) is 16.8 Å². The van der Waals surface area contributed by atoms with Crippen molar-refractivity contribution in [2.45, 2.75) is 26.1 Å². The normalized spacial score (nSPS) is 17.1. The molecule has 0 bridgehead atoms. The topological polar surface area (TPSA) is 54.6 Å². The van der Waals surface area contributed by atoms with E-state index in [1.807, 2.05) is 4.90 Å². The molecule has 0 aliphatic carbocycles. The van der Waals surface area contributed by atoms with Gasteiger partial charge >= 0.3 is 6.18 Å². The summed E-state index contributed by atoms with van der Waals surface area (Å²) in [4.78, 5) is 4.36. The van der Waals surface area contributed by atoms with Gasteiger partial charge in [-0.25, -0.2) is 4.63 Å². The van der Waals surface area contributed by atoms with Crippen LogP contribution >= 0.6 is 0 Å². The van der Waals surface area contributed by atoms with E-state index in [9.17, 15) is 13.2 Å². The summed E-state index contributed by atoms with van der Waals surface area (Å²) in [5, 5.41) is 7.60. The lowest BCUT2D eigenvalue weighted by Crippen LogP contribution is -2.51. The van der Waals surface area contributed by atoms with Crippen molar-refractivity contribution in [1.82, 2.24) is 15.2 Å². The molecule has 1 saturated heterocycles. The highest BCUT2D eigenvalue weighted by molar-refractivity contribution is 5.89. The highest BCUT2D eigenvalue weighted by Gasteiger charge is 2.42. The highest BCUT2D eigenvalue weighted by Crippen LogP contribution is 2.40. The molecule has 0 N–H and O–H groups in total. The number of halogens is 3. The Morgan fingerprint density at radius 2 is 1.96 bits per heavy atom. The predicted octanol–water partition coefficient (Wildman–Crippen LogP) is 3.25. The number of benzene rings is 1. The summed E-state index contributed by atoms with van der Waals surface area (Å²) in [5.41, 5.74) is 1.40. The van der Waals surface area contributed by atoms with E-state index in [0.29, 0.717) is 22.6 Å². The molecule has 1 aromatic heterocycles. The van der Waals surface area contributed by atoms with Crippen LogP contribution in [0.25, 0.3) is 11.0 Å². The molecule has 1 fully saturated rings. The van der Waals surface area contributed by atoms with Crippen molar-refractivity contribution in [2.75, 3.05) is 44.7 Å². The largest absolute Gasteiger partial charge is 0.418 e. The van der Waals surface area contributed by atoms with Gasteiger partial charge in [-0.15, -0.1) is 0 Å². The van der Waals surface area contributed by atoms with Gasteiger partial charge in [-0.05, 0) is 41.1 Å². The lowest BCUT2D eigenvalue weighted by atomic mass is 9.96. The highest BCUT2D eigenvalue weighted by atomic mass is 19.4. The monoisotopic (exact) mass is 372 g/mol. The molecule has 9 heteroatoms. The van der Waals surface area contributed by atoms with Crippen LogP contribution < -0.4 is 4.90 Å². The molecule has 0 spiro atoms. The van der Waals surface area contributed by atoms with Crippen molar-refractivity contribution < 1.29 is 22.5 Å². The number of hydrogen-bond donors (Lipinski definition) is 0. The molecule has 2 heterocycles. The Morgan fingerprint density at radius 1 is 1.27 bits per heavy atom. The molecule has 0 radical (unpaired) electrons. The minimum absolute atomic E-state index is 0.00499. The van der Waals surface area contributed by atoms with Gasteiger partial charge in [-0.1, -0.05) is 13.8 Å². The average molecular weight is 372 g/mol. The number of ether oxygens (including phenoxy) is 1. The van der Waals surface area contributed by atoms with Crippen LogP contribution in [0.5, 0.6) is 0 Å². The maximum Gasteiger partial charge on any atom is 0.418 e. The predicted molar refractivity (Wildman–Crippen MR) is 91.1 cm³/mol. The van der Waals surface area contributed by atoms with Crippen molar-refractivity contribution in [3.63, 3.8) is 0 Å². The molecule has 0 saturated carbocycles. The van der Waals surface area contributed by atoms with Crippen LogP contribution in [0.2, 0.25) is 0 Å². The molecule has 1 aromatic carbocycles. The minimum Gasteiger partial charge on any atom is -0.369 e. The van der Waals surface area contributed by atoms with Crippen molar-refractivity contribution in [2.24, 2.45) is 5.92 Å². The number of methoxy groups -OCH3 is 1. The SMILES string of the molecule is CCN(CC)CC1CN(c2cc(C(OC)C(F)(F)F)cc3nonc23)C1. The molecular weight excluding hydrogens is 349 g/mol. The molecule has 1 atom stereocenters. The maximum absolute atomic E-state index is 13.2. The Hall–Kier alpha value is -1.87. The first kappa shape index (κ1) is 18.9. The fraction of sp³-hybridized carbons (Fsp3) is 0.647. The summed E-state index contributed by atoms with van der Waals surface area (Å²) in [5.74, 6) is 0.481. The van der Waals surface area contributed by atoms with Gasteiger partial charge in [0.15, 0.2) is 11.6 Å². The van der Waals surface area contributed by atoms with Crippen LogP contribution in [0.3, 0.4) is 0 Å². The first-order valence-electron chi connectivity index (χ1n) is 8.70. The summed E-state index contributed by atoms with van der Waals surface area (Å²) in [6.07, 6.45) is -6.51. The Kier molecular flexibility index (Phi) is 5.38. The van der Waals surface area contributed by atoms with Gasteiger partial charge in [-0.2, -0.15) is 13.2 Å². The van der Waals surface area contributed by atoms with Crippen LogP contribution in [-0.2, 0) is 4.74 Å². The molecule has 1 unspecified atom stereocenters. The third-order valence-electron chi connectivity index (χ3n) is 4.91. The van der Waals surface area contributed by atoms with E-state index in [0.717, 1.165) is 39.8 Å². The van der Waals surface area contributed by atoms with Gasteiger partial charge in [0.1, 0.15) is 5.52 Å². The number of aromatic nitrogens is 2. The standard InChI is InChI=1S/C17H23F3N4O2/c1-4-23(5-2)8-11-9-24(10-11)14-7-12(16(25-3)17(18,19)20)6-13-15(14)22-26-21-13/h6-7,11,16H,4-5,8-10H2,1-3H3. The van der Waals surface area contributed by atoms with Crippen LogP contribution in [0, 0.1) is 5.92 Å². The second-order valence-electron chi connectivity index (χ2n) is 6.59. The second kappa shape index (κ2) is 7.40. The van der Waals surface area contributed by atoms with Crippen molar-refractivity contribution >= 4 is 16.7 Å². The van der Waals surface area contributed by atoms with E-state index in [1.54, 1.807) is 0 Å². The van der Waals surface area contributed by atoms with Gasteiger partial charge in [0, 0.05) is 32.7 Å². The maximum atomic E-state index is 13.2. The average Bonchev–Trinajstić information content (AvgIpc) is 3.01. The molecule has 2 aromatic rings. The zero-order chi connectivity index (χ0) is 18.9. The molecule has 1 aliphatic rings. The van der Waals surface area contributed by atoms with Crippen LogP contribution in [0.4, 0.5) is 18.9 Å². The minimum atomic E-state index is -4.50. The van der Waals surface area contributed by atoms with Crippen LogP contribution in [-0.4, -0.2) is 61.2 Å². The number of rotatable bonds is 7. The number of alkyl halides is 3. The number of fused-ring (bicyclic) bond motifs is 1. The summed E-state index contributed by atoms with van der Waals surface area (Å²) in [7, 11) is 1.05. The molecular formula is C17H23F3N4O2. The first-order chi connectivity index (χ1) is 12.4. The van der Waals surface area contributed by atoms with Crippen LogP contribution in [0.1, 0.15) is 25.5 Å². The quantitative estimate of drug-likeness (QED) is 0.744. The molecule has 3 rings (SSSR count). The van der Waals surface area contributed by atoms with Crippen molar-refractivity contribution in [3.05, 3.63) is 17.7 Å². The number of hydrogen-bond acceptors (Lipinski definition) is 6. The second-order valence-corrected chi connectivity index (χ2v) is 6.59. The van der Waals surface area contributed by atoms with Crippen molar-refractivity contribution in [1.29, 1.82) is 0 Å². The number of anilines is 1. The lowest BCUT2D eigenvalue weighted by Gasteiger charge is -2.43. The zero-order valence-electron chi connectivity index (χ0n) is 15.1. The summed E-state index contributed by atoms with van der Waals surface area (Å²) in [6, 6.07) is 2.81. The van der Waals surface area contributed by atoms with E-state index < -0.39 is 12.3 Å². The van der Waals surface area contributed by atoms with E-state index in [1.165, 1.54) is 12.1 Å². The van der Waals surface area contributed by atoms with Crippen molar-refractivity contribution in [3.8, 4) is 0 Å². The lowest BCUT2D eigenvalue weighted by molar-refractivity contribution is -0.215.